The molecule has 2 rings (SSSR count). The highest BCUT2D eigenvalue weighted by molar-refractivity contribution is 6.31. The van der Waals surface area contributed by atoms with Crippen LogP contribution in [0.1, 0.15) is 40.7 Å². The number of likely N-dealkylation sites (N-methyl/N-ethyl adjacent to an activating group) is 1. The highest BCUT2D eigenvalue weighted by Crippen LogP contribution is 2.37. The van der Waals surface area contributed by atoms with E-state index in [0.29, 0.717) is 0 Å². The second-order valence-corrected chi connectivity index (χ2v) is 3.99. The molecule has 0 bridgehead atoms. The first-order valence-corrected chi connectivity index (χ1v) is 5.31. The lowest BCUT2D eigenvalue weighted by atomic mass is 9.75. The van der Waals surface area contributed by atoms with Crippen molar-refractivity contribution in [1.82, 2.24) is 5.32 Å². The molecule has 0 amide bonds. The van der Waals surface area contributed by atoms with Crippen molar-refractivity contribution in [2.45, 2.75) is 31.1 Å². The summed E-state index contributed by atoms with van der Waals surface area (Å²) < 4.78 is 54.8. The first-order valence-electron chi connectivity index (χ1n) is 8.43. The number of nitrogens with one attached hydrogen (secondary N) is 1. The molecule has 16 heavy (non-hydrogen) atoms. The zero-order chi connectivity index (χ0) is 17.7. The molecule has 1 unspecified atom stereocenters. The van der Waals surface area contributed by atoms with Crippen LogP contribution >= 0.6 is 11.6 Å². The summed E-state index contributed by atoms with van der Waals surface area (Å²) in [5.41, 5.74) is -2.46. The van der Waals surface area contributed by atoms with E-state index >= 15 is 0 Å². The van der Waals surface area contributed by atoms with Crippen LogP contribution in [0.5, 0.6) is 0 Å². The smallest absolute Gasteiger partial charge is 0.157 e. The Morgan fingerprint density at radius 1 is 1.56 bits per heavy atom. The van der Waals surface area contributed by atoms with Gasteiger partial charge < -0.3 is 5.32 Å². The lowest BCUT2D eigenvalue weighted by Crippen LogP contribution is -2.49. The molecule has 1 aromatic rings. The Bertz CT molecular complexity index is 631. The lowest BCUT2D eigenvalue weighted by molar-refractivity contribution is -0.127. The summed E-state index contributed by atoms with van der Waals surface area (Å²) in [4.78, 5) is 12.7. The van der Waals surface area contributed by atoms with E-state index in [2.05, 4.69) is 5.32 Å². The zero-order valence-electron chi connectivity index (χ0n) is 15.5. The van der Waals surface area contributed by atoms with Crippen LogP contribution in [-0.2, 0) is 10.3 Å². The second kappa shape index (κ2) is 4.56. The van der Waals surface area contributed by atoms with E-state index < -0.39 is 31.0 Å². The fourth-order valence-corrected chi connectivity index (χ4v) is 2.06. The molecular formula is C13H16ClNO. The van der Waals surface area contributed by atoms with Crippen LogP contribution in [0, 0.1) is 0 Å². The predicted octanol–water partition coefficient (Wildman–Crippen LogP) is 2.90. The number of carbonyl (C=O) groups is 1. The molecule has 0 radical (unpaired) electrons. The van der Waals surface area contributed by atoms with Gasteiger partial charge in [-0.1, -0.05) is 36.2 Å². The fraction of sp³-hybridized carbons (Fsp3) is 0.462. The summed E-state index contributed by atoms with van der Waals surface area (Å²) in [7, 11) is 0. The highest BCUT2D eigenvalue weighted by Gasteiger charge is 2.40. The van der Waals surface area contributed by atoms with E-state index in [0.717, 1.165) is 0 Å². The first kappa shape index (κ1) is 5.65. The first-order chi connectivity index (χ1) is 10.4. The summed E-state index contributed by atoms with van der Waals surface area (Å²) in [5, 5.41) is 2.07. The lowest BCUT2D eigenvalue weighted by Gasteiger charge is -2.36. The monoisotopic (exact) mass is 244 g/mol. The van der Waals surface area contributed by atoms with Gasteiger partial charge in [-0.2, -0.15) is 0 Å². The molecule has 1 N–H and O–H groups in total. The van der Waals surface area contributed by atoms with Crippen LogP contribution in [0.2, 0.25) is 5.02 Å². The minimum atomic E-state index is -2.87. The van der Waals surface area contributed by atoms with E-state index in [1.54, 1.807) is 6.07 Å². The number of rotatable bonds is 2. The van der Waals surface area contributed by atoms with Gasteiger partial charge in [-0.3, -0.25) is 4.79 Å². The summed E-state index contributed by atoms with van der Waals surface area (Å²) >= 11 is 6.10. The van der Waals surface area contributed by atoms with Gasteiger partial charge in [0.2, 0.25) is 0 Å². The van der Waals surface area contributed by atoms with Gasteiger partial charge in [0, 0.05) is 21.0 Å². The molecule has 3 heteroatoms. The van der Waals surface area contributed by atoms with Gasteiger partial charge in [-0.25, -0.2) is 0 Å². The van der Waals surface area contributed by atoms with Crippen LogP contribution in [0.25, 0.3) is 0 Å². The molecule has 0 aliphatic heterocycles. The molecule has 86 valence electrons. The standard InChI is InChI=1S/C13H16ClNO/c1-15-13(9-5-4-8-12(13)16)10-6-2-3-7-11(10)14/h2-3,6-7,15H,4-5,8-9H2,1H3/i1D3,5D2,9D2. The number of halogens is 1. The third-order valence-electron chi connectivity index (χ3n) is 2.64. The average molecular weight is 245 g/mol. The molecule has 1 aromatic carbocycles. The van der Waals surface area contributed by atoms with E-state index in [-0.39, 0.29) is 23.4 Å². The molecule has 0 saturated heterocycles. The molecule has 2 nitrogen and oxygen atoms in total. The summed E-state index contributed by atoms with van der Waals surface area (Å²) in [5.74, 6) is -0.734. The number of ketones is 1. The van der Waals surface area contributed by atoms with E-state index in [1.165, 1.54) is 18.2 Å². The summed E-state index contributed by atoms with van der Waals surface area (Å²) in [6.07, 6.45) is -5.83. The van der Waals surface area contributed by atoms with Crippen molar-refractivity contribution in [3.8, 4) is 0 Å². The molecule has 0 aromatic heterocycles. The Morgan fingerprint density at radius 3 is 3.12 bits per heavy atom. The summed E-state index contributed by atoms with van der Waals surface area (Å²) in [6.45, 7) is -2.87. The minimum Gasteiger partial charge on any atom is -0.304 e. The molecule has 0 spiro atoms. The molecule has 1 atom stereocenters. The van der Waals surface area contributed by atoms with Crippen LogP contribution in [0.15, 0.2) is 24.3 Å². The van der Waals surface area contributed by atoms with Gasteiger partial charge in [0.15, 0.2) is 5.78 Å². The Labute approximate surface area is 111 Å². The van der Waals surface area contributed by atoms with Gasteiger partial charge in [0.25, 0.3) is 0 Å². The normalized spacial score (nSPS) is 39.3. The van der Waals surface area contributed by atoms with Gasteiger partial charge in [-0.15, -0.1) is 0 Å². The van der Waals surface area contributed by atoms with Crippen molar-refractivity contribution >= 4 is 17.4 Å². The molecule has 1 aliphatic rings. The minimum absolute atomic E-state index is 0.000764. The third-order valence-corrected chi connectivity index (χ3v) is 2.97. The van der Waals surface area contributed by atoms with Crippen LogP contribution in [0.4, 0.5) is 0 Å². The van der Waals surface area contributed by atoms with Crippen LogP contribution < -0.4 is 5.32 Å². The van der Waals surface area contributed by atoms with Crippen molar-refractivity contribution < 1.29 is 14.4 Å². The number of hydrogen-bond donors (Lipinski definition) is 1. The Balaban J connectivity index is 2.81. The van der Waals surface area contributed by atoms with E-state index in [4.69, 9.17) is 21.2 Å². The van der Waals surface area contributed by atoms with E-state index in [1.807, 2.05) is 0 Å². The average Bonchev–Trinajstić information content (AvgIpc) is 2.40. The number of Topliss-reactive ketones (excluding diaryl/α,β-unsaturated/α-hetero) is 1. The molecule has 1 fully saturated rings. The molecule has 1 aliphatic carbocycles. The molecular weight excluding hydrogens is 222 g/mol. The third kappa shape index (κ3) is 1.76. The topological polar surface area (TPSA) is 29.1 Å². The second-order valence-electron chi connectivity index (χ2n) is 3.58. The Morgan fingerprint density at radius 2 is 2.38 bits per heavy atom. The quantitative estimate of drug-likeness (QED) is 0.867. The molecule has 1 saturated carbocycles. The maximum atomic E-state index is 12.7. The number of hydrogen-bond acceptors (Lipinski definition) is 2. The van der Waals surface area contributed by atoms with Gasteiger partial charge >= 0.3 is 0 Å². The van der Waals surface area contributed by atoms with Gasteiger partial charge in [0.1, 0.15) is 5.54 Å². The fourth-order valence-electron chi connectivity index (χ4n) is 1.78. The van der Waals surface area contributed by atoms with Gasteiger partial charge in [-0.05, 0) is 31.4 Å². The van der Waals surface area contributed by atoms with E-state index in [9.17, 15) is 4.79 Å². The van der Waals surface area contributed by atoms with Crippen LogP contribution in [0.3, 0.4) is 0 Å². The van der Waals surface area contributed by atoms with Crippen molar-refractivity contribution in [3.63, 3.8) is 0 Å². The SMILES string of the molecule is [2H]C([2H])([2H])NC1(c2ccccc2Cl)C(=O)CCC([2H])([2H])C1([2H])[2H]. The molecule has 0 heterocycles. The predicted molar refractivity (Wildman–Crippen MR) is 65.7 cm³/mol. The van der Waals surface area contributed by atoms with Crippen molar-refractivity contribution in [3.05, 3.63) is 34.9 Å². The summed E-state index contributed by atoms with van der Waals surface area (Å²) in [6, 6.07) is 5.82. The van der Waals surface area contributed by atoms with Crippen LogP contribution in [-0.4, -0.2) is 12.8 Å². The van der Waals surface area contributed by atoms with Crippen molar-refractivity contribution in [2.75, 3.05) is 6.98 Å². The largest absolute Gasteiger partial charge is 0.304 e. The number of benzene rings is 1. The maximum Gasteiger partial charge on any atom is 0.157 e. The van der Waals surface area contributed by atoms with Gasteiger partial charge in [0.05, 0.1) is 0 Å². The Kier molecular flexibility index (Phi) is 1.61. The Hall–Kier alpha value is -0.860. The number of carbonyl (C=O) groups excluding carboxylic acids is 1. The van der Waals surface area contributed by atoms with Crippen molar-refractivity contribution in [2.24, 2.45) is 0 Å². The highest BCUT2D eigenvalue weighted by atomic mass is 35.5. The zero-order valence-corrected chi connectivity index (χ0v) is 9.27. The maximum absolute atomic E-state index is 12.7. The van der Waals surface area contributed by atoms with Crippen molar-refractivity contribution in [1.29, 1.82) is 0 Å².